The lowest BCUT2D eigenvalue weighted by molar-refractivity contribution is 0.103. The number of allylic oxidation sites excluding steroid dienone is 2. The van der Waals surface area contributed by atoms with Crippen molar-refractivity contribution < 1.29 is 18.9 Å². The molecule has 0 aliphatic heterocycles. The lowest BCUT2D eigenvalue weighted by Gasteiger charge is -2.16. The van der Waals surface area contributed by atoms with Gasteiger partial charge in [0.2, 0.25) is 0 Å². The van der Waals surface area contributed by atoms with Gasteiger partial charge in [0.15, 0.2) is 23.1 Å². The Morgan fingerprint density at radius 2 is 1.53 bits per heavy atom. The van der Waals surface area contributed by atoms with Crippen LogP contribution in [0.4, 0.5) is 0 Å². The van der Waals surface area contributed by atoms with Crippen LogP contribution in [-0.4, -0.2) is 22.4 Å². The van der Waals surface area contributed by atoms with Crippen molar-refractivity contribution in [1.29, 1.82) is 0 Å². The van der Waals surface area contributed by atoms with E-state index in [1.807, 2.05) is 24.3 Å². The summed E-state index contributed by atoms with van der Waals surface area (Å²) in [7, 11) is 0. The van der Waals surface area contributed by atoms with Gasteiger partial charge in [0, 0.05) is 22.3 Å². The van der Waals surface area contributed by atoms with Gasteiger partial charge in [-0.2, -0.15) is 0 Å². The van der Waals surface area contributed by atoms with E-state index in [1.165, 1.54) is 6.08 Å². The Balaban J connectivity index is 1.50. The Labute approximate surface area is 170 Å². The van der Waals surface area contributed by atoms with Gasteiger partial charge >= 0.3 is 0 Å². The second kappa shape index (κ2) is 6.09. The number of hydrogen-bond donors (Lipinski definition) is 0. The smallest absolute Gasteiger partial charge is 0.198 e. The van der Waals surface area contributed by atoms with Gasteiger partial charge in [0.1, 0.15) is 11.2 Å². The maximum atomic E-state index is 13.2. The number of ketones is 2. The number of rotatable bonds is 2. The lowest BCUT2D eigenvalue weighted by Crippen LogP contribution is -2.14. The molecule has 3 aromatic carbocycles. The van der Waals surface area contributed by atoms with E-state index in [0.717, 1.165) is 0 Å². The van der Waals surface area contributed by atoms with E-state index in [2.05, 4.69) is 10.3 Å². The van der Waals surface area contributed by atoms with Crippen LogP contribution in [0.3, 0.4) is 0 Å². The Bertz CT molecular complexity index is 1460. The summed E-state index contributed by atoms with van der Waals surface area (Å²) in [5.74, 6) is 0.599. The van der Waals surface area contributed by atoms with Gasteiger partial charge < -0.3 is 9.36 Å². The molecule has 2 aliphatic carbocycles. The summed E-state index contributed by atoms with van der Waals surface area (Å²) in [6, 6.07) is 17.8. The normalized spacial score (nSPS) is 15.4. The number of hydrogen-bond acceptors (Lipinski definition) is 6. The van der Waals surface area contributed by atoms with E-state index in [0.29, 0.717) is 55.9 Å². The van der Waals surface area contributed by atoms with Crippen LogP contribution in [0.15, 0.2) is 82.5 Å². The molecule has 0 N–H and O–H groups in total. The molecule has 0 spiro atoms. The standard InChI is InChI=1S/C24H12N2O4/c27-19-11-9-17(13-5-1-2-6-14(13)19)25-29-20-12-10-18-21-22(20)23(28)15-7-3-4-8-16(15)24(21)30-26-18/h1-12H/b25-17-. The predicted molar refractivity (Wildman–Crippen MR) is 110 cm³/mol. The molecule has 1 heterocycles. The Morgan fingerprint density at radius 3 is 2.37 bits per heavy atom. The first-order chi connectivity index (χ1) is 14.7. The molecule has 6 rings (SSSR count). The highest BCUT2D eigenvalue weighted by atomic mass is 16.6. The van der Waals surface area contributed by atoms with Crippen molar-refractivity contribution in [3.63, 3.8) is 0 Å². The molecular formula is C24H12N2O4. The molecule has 1 aromatic heterocycles. The average Bonchev–Trinajstić information content (AvgIpc) is 3.22. The zero-order valence-electron chi connectivity index (χ0n) is 15.5. The van der Waals surface area contributed by atoms with E-state index in [1.54, 1.807) is 42.5 Å². The van der Waals surface area contributed by atoms with Crippen LogP contribution < -0.4 is 4.84 Å². The Kier molecular flexibility index (Phi) is 3.37. The highest BCUT2D eigenvalue weighted by Crippen LogP contribution is 2.42. The molecule has 0 amide bonds. The first-order valence-electron chi connectivity index (χ1n) is 9.35. The van der Waals surface area contributed by atoms with E-state index in [-0.39, 0.29) is 11.6 Å². The number of carbonyl (C=O) groups is 2. The second-order valence-corrected chi connectivity index (χ2v) is 7.03. The molecule has 142 valence electrons. The molecule has 6 nitrogen and oxygen atoms in total. The topological polar surface area (TPSA) is 81.8 Å². The van der Waals surface area contributed by atoms with Gasteiger partial charge in [-0.3, -0.25) is 9.59 Å². The van der Waals surface area contributed by atoms with Crippen LogP contribution in [0.25, 0.3) is 22.2 Å². The average molecular weight is 392 g/mol. The molecule has 6 heteroatoms. The fourth-order valence-corrected chi connectivity index (χ4v) is 3.95. The largest absolute Gasteiger partial charge is 0.356 e. The van der Waals surface area contributed by atoms with Gasteiger partial charge in [-0.15, -0.1) is 0 Å². The molecule has 0 unspecified atom stereocenters. The van der Waals surface area contributed by atoms with Crippen LogP contribution in [0.5, 0.6) is 5.75 Å². The fraction of sp³-hybridized carbons (Fsp3) is 0. The zero-order chi connectivity index (χ0) is 20.2. The van der Waals surface area contributed by atoms with Crippen molar-refractivity contribution in [2.24, 2.45) is 5.16 Å². The first-order valence-corrected chi connectivity index (χ1v) is 9.35. The summed E-state index contributed by atoms with van der Waals surface area (Å²) < 4.78 is 5.54. The van der Waals surface area contributed by atoms with E-state index < -0.39 is 0 Å². The van der Waals surface area contributed by atoms with Crippen molar-refractivity contribution in [1.82, 2.24) is 5.16 Å². The minimum absolute atomic E-state index is 0.0815. The number of fused-ring (bicyclic) bond motifs is 3. The van der Waals surface area contributed by atoms with Crippen molar-refractivity contribution in [2.45, 2.75) is 0 Å². The van der Waals surface area contributed by atoms with Crippen LogP contribution in [0, 0.1) is 0 Å². The third-order valence-electron chi connectivity index (χ3n) is 5.35. The second-order valence-electron chi connectivity index (χ2n) is 7.03. The van der Waals surface area contributed by atoms with Crippen LogP contribution in [0.1, 0.15) is 31.8 Å². The Hall–Kier alpha value is -4.32. The molecule has 0 atom stereocenters. The van der Waals surface area contributed by atoms with E-state index in [4.69, 9.17) is 9.36 Å². The van der Waals surface area contributed by atoms with Crippen molar-refractivity contribution in [3.05, 3.63) is 95.1 Å². The summed E-state index contributed by atoms with van der Waals surface area (Å²) in [5.41, 5.74) is 3.94. The van der Waals surface area contributed by atoms with Crippen LogP contribution in [-0.2, 0) is 0 Å². The van der Waals surface area contributed by atoms with Gasteiger partial charge in [-0.1, -0.05) is 58.8 Å². The maximum absolute atomic E-state index is 13.2. The molecule has 0 radical (unpaired) electrons. The zero-order valence-corrected chi connectivity index (χ0v) is 15.5. The van der Waals surface area contributed by atoms with Gasteiger partial charge in [0.05, 0.1) is 10.9 Å². The molecular weight excluding hydrogens is 380 g/mol. The van der Waals surface area contributed by atoms with Crippen molar-refractivity contribution >= 4 is 28.2 Å². The molecule has 4 aromatic rings. The minimum Gasteiger partial charge on any atom is -0.356 e. The molecule has 2 aliphatic rings. The highest BCUT2D eigenvalue weighted by Gasteiger charge is 2.32. The fourth-order valence-electron chi connectivity index (χ4n) is 3.95. The predicted octanol–water partition coefficient (Wildman–Crippen LogP) is 4.57. The number of aromatic nitrogens is 1. The number of benzene rings is 3. The number of carbonyl (C=O) groups excluding carboxylic acids is 2. The summed E-state index contributed by atoms with van der Waals surface area (Å²) >= 11 is 0. The molecule has 0 bridgehead atoms. The van der Waals surface area contributed by atoms with Gasteiger partial charge in [-0.25, -0.2) is 0 Å². The summed E-state index contributed by atoms with van der Waals surface area (Å²) in [4.78, 5) is 31.1. The highest BCUT2D eigenvalue weighted by molar-refractivity contribution is 6.26. The van der Waals surface area contributed by atoms with Crippen LogP contribution >= 0.6 is 0 Å². The molecule has 0 saturated heterocycles. The summed E-state index contributed by atoms with van der Waals surface area (Å²) in [6.45, 7) is 0. The first kappa shape index (κ1) is 16.6. The third kappa shape index (κ3) is 2.24. The third-order valence-corrected chi connectivity index (χ3v) is 5.35. The van der Waals surface area contributed by atoms with Crippen molar-refractivity contribution in [3.8, 4) is 17.1 Å². The van der Waals surface area contributed by atoms with Crippen LogP contribution in [0.2, 0.25) is 0 Å². The molecule has 30 heavy (non-hydrogen) atoms. The summed E-state index contributed by atoms with van der Waals surface area (Å²) in [6.07, 6.45) is 3.06. The number of nitrogens with zero attached hydrogens (tertiary/aromatic N) is 2. The lowest BCUT2D eigenvalue weighted by atomic mass is 9.87. The molecule has 0 saturated carbocycles. The van der Waals surface area contributed by atoms with Gasteiger partial charge in [0.25, 0.3) is 0 Å². The molecule has 0 fully saturated rings. The summed E-state index contributed by atoms with van der Waals surface area (Å²) in [5, 5.41) is 8.95. The monoisotopic (exact) mass is 392 g/mol. The van der Waals surface area contributed by atoms with E-state index in [9.17, 15) is 9.59 Å². The van der Waals surface area contributed by atoms with Gasteiger partial charge in [-0.05, 0) is 24.3 Å². The number of oxime groups is 1. The van der Waals surface area contributed by atoms with Crippen molar-refractivity contribution in [2.75, 3.05) is 0 Å². The Morgan fingerprint density at radius 1 is 0.800 bits per heavy atom. The quantitative estimate of drug-likeness (QED) is 0.411. The minimum atomic E-state index is -0.170. The SMILES string of the molecule is O=C1C=C/C(=N/Oc2ccc3noc4c3c2C(=O)c2ccccc2-4)c2ccccc21. The van der Waals surface area contributed by atoms with E-state index >= 15 is 0 Å². The maximum Gasteiger partial charge on any atom is 0.198 e.